The Morgan fingerprint density at radius 3 is 2.73 bits per heavy atom. The number of aromatic nitrogens is 2. The molecule has 136 valence electrons. The molecule has 0 spiro atoms. The van der Waals surface area contributed by atoms with E-state index in [0.717, 1.165) is 17.3 Å². The van der Waals surface area contributed by atoms with E-state index >= 15 is 0 Å². The lowest BCUT2D eigenvalue weighted by Gasteiger charge is -2.20. The lowest BCUT2D eigenvalue weighted by Crippen LogP contribution is -2.35. The van der Waals surface area contributed by atoms with E-state index in [1.165, 1.54) is 0 Å². The molecule has 26 heavy (non-hydrogen) atoms. The van der Waals surface area contributed by atoms with Gasteiger partial charge in [-0.1, -0.05) is 44.0 Å². The molecule has 3 aromatic rings. The second kappa shape index (κ2) is 7.89. The van der Waals surface area contributed by atoms with E-state index in [1.54, 1.807) is 18.2 Å². The number of halogens is 1. The van der Waals surface area contributed by atoms with E-state index in [-0.39, 0.29) is 11.8 Å². The van der Waals surface area contributed by atoms with Gasteiger partial charge in [0.05, 0.1) is 11.1 Å². The number of nitrogens with one attached hydrogen (secondary N) is 1. The molecule has 3 rings (SSSR count). The summed E-state index contributed by atoms with van der Waals surface area (Å²) >= 11 is 6.08. The van der Waals surface area contributed by atoms with Gasteiger partial charge in [-0.25, -0.2) is 9.97 Å². The summed E-state index contributed by atoms with van der Waals surface area (Å²) in [6.45, 7) is 4.88. The average molecular weight is 371 g/mol. The summed E-state index contributed by atoms with van der Waals surface area (Å²) in [7, 11) is 0. The van der Waals surface area contributed by atoms with Crippen molar-refractivity contribution in [3.05, 3.63) is 47.5 Å². The van der Waals surface area contributed by atoms with Crippen molar-refractivity contribution in [1.29, 1.82) is 0 Å². The third kappa shape index (κ3) is 3.89. The summed E-state index contributed by atoms with van der Waals surface area (Å²) < 4.78 is 0. The number of benzene rings is 2. The number of hydrogen-bond donors (Lipinski definition) is 3. The molecule has 0 saturated heterocycles. The lowest BCUT2D eigenvalue weighted by atomic mass is 10.0. The minimum atomic E-state index is 0.0248. The third-order valence-electron chi connectivity index (χ3n) is 4.68. The van der Waals surface area contributed by atoms with Gasteiger partial charge >= 0.3 is 0 Å². The Morgan fingerprint density at radius 2 is 1.96 bits per heavy atom. The first-order chi connectivity index (χ1) is 12.5. The highest BCUT2D eigenvalue weighted by Gasteiger charge is 2.15. The zero-order valence-electron chi connectivity index (χ0n) is 14.9. The number of aromatic hydroxyl groups is 1. The molecule has 1 aromatic heterocycles. The minimum Gasteiger partial charge on any atom is -0.507 e. The van der Waals surface area contributed by atoms with Crippen LogP contribution >= 0.6 is 11.6 Å². The van der Waals surface area contributed by atoms with Crippen LogP contribution in [-0.4, -0.2) is 27.7 Å². The van der Waals surface area contributed by atoms with Gasteiger partial charge in [0.25, 0.3) is 0 Å². The Labute approximate surface area is 158 Å². The third-order valence-corrected chi connectivity index (χ3v) is 4.92. The highest BCUT2D eigenvalue weighted by Crippen LogP contribution is 2.32. The summed E-state index contributed by atoms with van der Waals surface area (Å²) in [6, 6.07) is 12.6. The number of anilines is 1. The summed E-state index contributed by atoms with van der Waals surface area (Å²) in [6.07, 6.45) is 1.02. The van der Waals surface area contributed by atoms with Crippen molar-refractivity contribution in [1.82, 2.24) is 9.97 Å². The zero-order valence-corrected chi connectivity index (χ0v) is 15.7. The lowest BCUT2D eigenvalue weighted by molar-refractivity contribution is 0.457. The van der Waals surface area contributed by atoms with Gasteiger partial charge in [-0.05, 0) is 36.2 Å². The smallest absolute Gasteiger partial charge is 0.165 e. The van der Waals surface area contributed by atoms with Gasteiger partial charge in [0, 0.05) is 23.0 Å². The molecule has 5 nitrogen and oxygen atoms in total. The Morgan fingerprint density at radius 1 is 1.19 bits per heavy atom. The summed E-state index contributed by atoms with van der Waals surface area (Å²) in [5.41, 5.74) is 7.54. The van der Waals surface area contributed by atoms with Crippen LogP contribution < -0.4 is 11.1 Å². The van der Waals surface area contributed by atoms with Crippen LogP contribution in [0.1, 0.15) is 20.3 Å². The quantitative estimate of drug-likeness (QED) is 0.597. The maximum Gasteiger partial charge on any atom is 0.165 e. The summed E-state index contributed by atoms with van der Waals surface area (Å²) in [4.78, 5) is 9.22. The average Bonchev–Trinajstić information content (AvgIpc) is 2.66. The van der Waals surface area contributed by atoms with E-state index in [1.807, 2.05) is 24.3 Å². The number of hydrogen-bond acceptors (Lipinski definition) is 5. The Bertz CT molecular complexity index is 915. The molecule has 0 aliphatic rings. The van der Waals surface area contributed by atoms with Crippen LogP contribution in [0.2, 0.25) is 5.02 Å². The van der Waals surface area contributed by atoms with E-state index in [0.29, 0.717) is 34.7 Å². The molecule has 0 bridgehead atoms. The maximum atomic E-state index is 10.2. The van der Waals surface area contributed by atoms with Gasteiger partial charge in [-0.15, -0.1) is 0 Å². The highest BCUT2D eigenvalue weighted by atomic mass is 35.5. The van der Waals surface area contributed by atoms with Crippen LogP contribution in [0.5, 0.6) is 5.75 Å². The topological polar surface area (TPSA) is 84.1 Å². The number of phenols is 1. The molecule has 0 saturated carbocycles. The fraction of sp³-hybridized carbons (Fsp3) is 0.300. The van der Waals surface area contributed by atoms with Gasteiger partial charge in [0.1, 0.15) is 11.6 Å². The Hall–Kier alpha value is -2.37. The van der Waals surface area contributed by atoms with Crippen LogP contribution in [-0.2, 0) is 0 Å². The predicted octanol–water partition coefficient (Wildman–Crippen LogP) is 4.44. The second-order valence-corrected chi connectivity index (χ2v) is 6.94. The summed E-state index contributed by atoms with van der Waals surface area (Å²) in [5.74, 6) is 1.62. The number of nitrogens with zero attached hydrogens (tertiary/aromatic N) is 2. The van der Waals surface area contributed by atoms with Crippen LogP contribution in [0.15, 0.2) is 42.5 Å². The molecule has 6 heteroatoms. The van der Waals surface area contributed by atoms with Gasteiger partial charge in [0.2, 0.25) is 0 Å². The fourth-order valence-corrected chi connectivity index (χ4v) is 2.91. The number of fused-ring (bicyclic) bond motifs is 1. The standard InChI is InChI=1S/C20H23ClN4O/c1-3-12(2)16(22)11-23-19-14-6-4-5-7-17(14)24-20(25-19)15-10-13(21)8-9-18(15)26/h4-10,12,16,26H,3,11,22H2,1-2H3,(H,23,24,25)/t12-,16+/m1/s1. The van der Waals surface area contributed by atoms with E-state index < -0.39 is 0 Å². The molecule has 2 aromatic carbocycles. The Kier molecular flexibility index (Phi) is 5.59. The molecule has 0 aliphatic carbocycles. The van der Waals surface area contributed by atoms with Crippen molar-refractivity contribution in [2.24, 2.45) is 11.7 Å². The first kappa shape index (κ1) is 18.4. The molecule has 1 heterocycles. The number of phenolic OH excluding ortho intramolecular Hbond substituents is 1. The second-order valence-electron chi connectivity index (χ2n) is 6.50. The van der Waals surface area contributed by atoms with E-state index in [9.17, 15) is 5.11 Å². The van der Waals surface area contributed by atoms with Crippen molar-refractivity contribution in [3.8, 4) is 17.1 Å². The zero-order chi connectivity index (χ0) is 18.7. The molecule has 0 radical (unpaired) electrons. The predicted molar refractivity (Wildman–Crippen MR) is 108 cm³/mol. The van der Waals surface area contributed by atoms with Crippen LogP contribution in [0.3, 0.4) is 0 Å². The molecule has 4 N–H and O–H groups in total. The molecule has 0 unspecified atom stereocenters. The van der Waals surface area contributed by atoms with E-state index in [4.69, 9.17) is 17.3 Å². The van der Waals surface area contributed by atoms with Gasteiger partial charge in [-0.2, -0.15) is 0 Å². The first-order valence-electron chi connectivity index (χ1n) is 8.74. The molecule has 0 fully saturated rings. The van der Waals surface area contributed by atoms with Crippen molar-refractivity contribution in [2.45, 2.75) is 26.3 Å². The normalized spacial score (nSPS) is 13.5. The van der Waals surface area contributed by atoms with E-state index in [2.05, 4.69) is 29.1 Å². The Balaban J connectivity index is 2.03. The molecular weight excluding hydrogens is 348 g/mol. The van der Waals surface area contributed by atoms with Crippen LogP contribution in [0.4, 0.5) is 5.82 Å². The van der Waals surface area contributed by atoms with Gasteiger partial charge < -0.3 is 16.2 Å². The number of nitrogens with two attached hydrogens (primary N) is 1. The first-order valence-corrected chi connectivity index (χ1v) is 9.12. The summed E-state index contributed by atoms with van der Waals surface area (Å²) in [5, 5.41) is 15.0. The van der Waals surface area contributed by atoms with Crippen molar-refractivity contribution in [2.75, 3.05) is 11.9 Å². The molecule has 2 atom stereocenters. The van der Waals surface area contributed by atoms with Crippen LogP contribution in [0.25, 0.3) is 22.3 Å². The number of para-hydroxylation sites is 1. The van der Waals surface area contributed by atoms with Crippen molar-refractivity contribution >= 4 is 28.3 Å². The monoisotopic (exact) mass is 370 g/mol. The van der Waals surface area contributed by atoms with Crippen molar-refractivity contribution < 1.29 is 5.11 Å². The maximum absolute atomic E-state index is 10.2. The largest absolute Gasteiger partial charge is 0.507 e. The van der Waals surface area contributed by atoms with Crippen molar-refractivity contribution in [3.63, 3.8) is 0 Å². The molecule has 0 amide bonds. The SMILES string of the molecule is CC[C@@H](C)[C@@H](N)CNc1nc(-c2cc(Cl)ccc2O)nc2ccccc12. The molecular formula is C20H23ClN4O. The highest BCUT2D eigenvalue weighted by molar-refractivity contribution is 6.30. The van der Waals surface area contributed by atoms with Crippen LogP contribution in [0, 0.1) is 5.92 Å². The minimum absolute atomic E-state index is 0.0248. The molecule has 0 aliphatic heterocycles. The fourth-order valence-electron chi connectivity index (χ4n) is 2.74. The van der Waals surface area contributed by atoms with Gasteiger partial charge in [0.15, 0.2) is 5.82 Å². The van der Waals surface area contributed by atoms with Gasteiger partial charge in [-0.3, -0.25) is 0 Å². The number of rotatable bonds is 6.